The Labute approximate surface area is 115 Å². The molecule has 2 aliphatic heterocycles. The van der Waals surface area contributed by atoms with Crippen molar-refractivity contribution in [2.24, 2.45) is 0 Å². The second-order valence-corrected chi connectivity index (χ2v) is 5.44. The van der Waals surface area contributed by atoms with Crippen LogP contribution in [-0.2, 0) is 9.53 Å². The van der Waals surface area contributed by atoms with Gasteiger partial charge in [0.05, 0.1) is 12.7 Å². The lowest BCUT2D eigenvalue weighted by atomic mass is 10.1. The molecule has 0 bridgehead atoms. The predicted molar refractivity (Wildman–Crippen MR) is 74.2 cm³/mol. The van der Waals surface area contributed by atoms with Gasteiger partial charge < -0.3 is 20.3 Å². The molecule has 1 amide bonds. The van der Waals surface area contributed by atoms with E-state index in [1.165, 1.54) is 0 Å². The van der Waals surface area contributed by atoms with Crippen LogP contribution in [0.25, 0.3) is 0 Å². The van der Waals surface area contributed by atoms with Gasteiger partial charge >= 0.3 is 0 Å². The molecule has 19 heavy (non-hydrogen) atoms. The Morgan fingerprint density at radius 3 is 2.79 bits per heavy atom. The van der Waals surface area contributed by atoms with Gasteiger partial charge in [-0.2, -0.15) is 0 Å². The number of carbonyl (C=O) groups is 1. The van der Waals surface area contributed by atoms with Crippen molar-refractivity contribution >= 4 is 5.91 Å². The van der Waals surface area contributed by atoms with Gasteiger partial charge in [0.2, 0.25) is 5.91 Å². The molecule has 6 nitrogen and oxygen atoms in total. The fourth-order valence-electron chi connectivity index (χ4n) is 2.55. The van der Waals surface area contributed by atoms with Crippen LogP contribution in [0.1, 0.15) is 6.92 Å². The molecule has 0 unspecified atom stereocenters. The molecule has 6 heteroatoms. The summed E-state index contributed by atoms with van der Waals surface area (Å²) in [7, 11) is 2.15. The number of ether oxygens (including phenoxy) is 1. The van der Waals surface area contributed by atoms with Gasteiger partial charge in [-0.15, -0.1) is 0 Å². The molecule has 0 aliphatic carbocycles. The van der Waals surface area contributed by atoms with E-state index in [9.17, 15) is 4.79 Å². The molecule has 2 rings (SSSR count). The monoisotopic (exact) mass is 270 g/mol. The third kappa shape index (κ3) is 4.42. The van der Waals surface area contributed by atoms with E-state index >= 15 is 0 Å². The summed E-state index contributed by atoms with van der Waals surface area (Å²) >= 11 is 0. The zero-order valence-corrected chi connectivity index (χ0v) is 12.0. The molecule has 2 fully saturated rings. The Kier molecular flexibility index (Phi) is 5.57. The van der Waals surface area contributed by atoms with Crippen LogP contribution in [0.4, 0.5) is 0 Å². The van der Waals surface area contributed by atoms with Gasteiger partial charge in [-0.1, -0.05) is 0 Å². The third-order valence-corrected chi connectivity index (χ3v) is 3.92. The summed E-state index contributed by atoms with van der Waals surface area (Å²) in [5.41, 5.74) is 0. The van der Waals surface area contributed by atoms with Crippen molar-refractivity contribution in [3.05, 3.63) is 0 Å². The molecule has 2 saturated heterocycles. The molecule has 0 spiro atoms. The maximum atomic E-state index is 12.0. The van der Waals surface area contributed by atoms with E-state index in [1.54, 1.807) is 0 Å². The van der Waals surface area contributed by atoms with Gasteiger partial charge in [0.15, 0.2) is 0 Å². The highest BCUT2D eigenvalue weighted by Crippen LogP contribution is 2.04. The number of carbonyl (C=O) groups excluding carboxylic acids is 1. The van der Waals surface area contributed by atoms with Crippen LogP contribution >= 0.6 is 0 Å². The molecule has 2 aliphatic rings. The normalized spacial score (nSPS) is 30.2. The summed E-state index contributed by atoms with van der Waals surface area (Å²) in [5, 5.41) is 6.21. The number of morpholine rings is 1. The minimum absolute atomic E-state index is 0.0441. The van der Waals surface area contributed by atoms with E-state index in [-0.39, 0.29) is 18.1 Å². The van der Waals surface area contributed by atoms with Gasteiger partial charge in [0, 0.05) is 45.8 Å². The zero-order valence-electron chi connectivity index (χ0n) is 12.0. The molecule has 0 aromatic carbocycles. The smallest absolute Gasteiger partial charge is 0.239 e. The van der Waals surface area contributed by atoms with Crippen LogP contribution in [0.2, 0.25) is 0 Å². The number of hydrogen-bond acceptors (Lipinski definition) is 5. The fourth-order valence-corrected chi connectivity index (χ4v) is 2.55. The van der Waals surface area contributed by atoms with E-state index in [1.807, 2.05) is 6.92 Å². The lowest BCUT2D eigenvalue weighted by molar-refractivity contribution is -0.129. The summed E-state index contributed by atoms with van der Waals surface area (Å²) in [4.78, 5) is 16.8. The maximum Gasteiger partial charge on any atom is 0.239 e. The Balaban J connectivity index is 1.63. The van der Waals surface area contributed by atoms with Gasteiger partial charge in [0.1, 0.15) is 6.04 Å². The number of rotatable bonds is 4. The van der Waals surface area contributed by atoms with Crippen molar-refractivity contribution in [1.29, 1.82) is 0 Å². The van der Waals surface area contributed by atoms with Crippen LogP contribution in [0.5, 0.6) is 0 Å². The minimum Gasteiger partial charge on any atom is -0.375 e. The molecular weight excluding hydrogens is 244 g/mol. The first-order valence-corrected chi connectivity index (χ1v) is 7.20. The van der Waals surface area contributed by atoms with Crippen LogP contribution in [-0.4, -0.2) is 87.3 Å². The highest BCUT2D eigenvalue weighted by molar-refractivity contribution is 5.82. The van der Waals surface area contributed by atoms with Crippen molar-refractivity contribution in [3.8, 4) is 0 Å². The van der Waals surface area contributed by atoms with Gasteiger partial charge in [-0.25, -0.2) is 0 Å². The molecule has 110 valence electrons. The molecule has 0 saturated carbocycles. The Hall–Kier alpha value is -0.690. The summed E-state index contributed by atoms with van der Waals surface area (Å²) < 4.78 is 5.48. The predicted octanol–water partition coefficient (Wildman–Crippen LogP) is -1.27. The van der Waals surface area contributed by atoms with Gasteiger partial charge in [-0.05, 0) is 14.0 Å². The zero-order chi connectivity index (χ0) is 13.7. The van der Waals surface area contributed by atoms with Gasteiger partial charge in [0.25, 0.3) is 0 Å². The first-order valence-electron chi connectivity index (χ1n) is 7.20. The minimum atomic E-state index is -0.207. The topological polar surface area (TPSA) is 56.8 Å². The quantitative estimate of drug-likeness (QED) is 0.667. The summed E-state index contributed by atoms with van der Waals surface area (Å²) in [6.07, 6.45) is -0.0441. The van der Waals surface area contributed by atoms with Gasteiger partial charge in [-0.3, -0.25) is 9.69 Å². The highest BCUT2D eigenvalue weighted by Gasteiger charge is 2.27. The van der Waals surface area contributed by atoms with E-state index in [0.717, 1.165) is 39.3 Å². The van der Waals surface area contributed by atoms with Crippen molar-refractivity contribution in [1.82, 2.24) is 20.4 Å². The van der Waals surface area contributed by atoms with E-state index < -0.39 is 0 Å². The second-order valence-electron chi connectivity index (χ2n) is 5.44. The molecule has 0 aromatic rings. The summed E-state index contributed by atoms with van der Waals surface area (Å²) in [6, 6.07) is -0.207. The molecule has 2 atom stereocenters. The standard InChI is InChI=1S/C13H26N4O2/c1-11-12(14-4-10-19-11)13(18)15-3-5-17-8-6-16(2)7-9-17/h11-12,14H,3-10H2,1-2H3,(H,15,18)/t11-,12+/m1/s1. The van der Waals surface area contributed by atoms with Crippen molar-refractivity contribution in [2.45, 2.75) is 19.1 Å². The van der Waals surface area contributed by atoms with Crippen molar-refractivity contribution in [3.63, 3.8) is 0 Å². The lowest BCUT2D eigenvalue weighted by Gasteiger charge is -2.33. The highest BCUT2D eigenvalue weighted by atomic mass is 16.5. The van der Waals surface area contributed by atoms with Crippen LogP contribution < -0.4 is 10.6 Å². The lowest BCUT2D eigenvalue weighted by Crippen LogP contribution is -2.56. The number of nitrogens with zero attached hydrogens (tertiary/aromatic N) is 2. The Bertz CT molecular complexity index is 292. The van der Waals surface area contributed by atoms with Crippen molar-refractivity contribution in [2.75, 3.05) is 59.5 Å². The average molecular weight is 270 g/mol. The Morgan fingerprint density at radius 2 is 2.11 bits per heavy atom. The number of likely N-dealkylation sites (N-methyl/N-ethyl adjacent to an activating group) is 1. The SMILES string of the molecule is C[C@H]1OCCN[C@@H]1C(=O)NCCN1CCN(C)CC1. The molecule has 2 heterocycles. The van der Waals surface area contributed by atoms with E-state index in [0.29, 0.717) is 13.2 Å². The summed E-state index contributed by atoms with van der Waals surface area (Å²) in [5.74, 6) is 0.0568. The largest absolute Gasteiger partial charge is 0.375 e. The number of amides is 1. The molecule has 0 radical (unpaired) electrons. The van der Waals surface area contributed by atoms with Crippen molar-refractivity contribution < 1.29 is 9.53 Å². The first-order chi connectivity index (χ1) is 9.16. The fraction of sp³-hybridized carbons (Fsp3) is 0.923. The Morgan fingerprint density at radius 1 is 1.37 bits per heavy atom. The molecule has 2 N–H and O–H groups in total. The maximum absolute atomic E-state index is 12.0. The van der Waals surface area contributed by atoms with Crippen LogP contribution in [0.3, 0.4) is 0 Å². The number of nitrogens with one attached hydrogen (secondary N) is 2. The average Bonchev–Trinajstić information content (AvgIpc) is 2.41. The summed E-state index contributed by atoms with van der Waals surface area (Å²) in [6.45, 7) is 9.44. The van der Waals surface area contributed by atoms with E-state index in [2.05, 4.69) is 27.5 Å². The number of piperazine rings is 1. The number of hydrogen-bond donors (Lipinski definition) is 2. The van der Waals surface area contributed by atoms with E-state index in [4.69, 9.17) is 4.74 Å². The second kappa shape index (κ2) is 7.19. The van der Waals surface area contributed by atoms with Crippen LogP contribution in [0, 0.1) is 0 Å². The van der Waals surface area contributed by atoms with Crippen LogP contribution in [0.15, 0.2) is 0 Å². The molecular formula is C13H26N4O2. The third-order valence-electron chi connectivity index (χ3n) is 3.92. The molecule has 0 aromatic heterocycles. The first kappa shape index (κ1) is 14.7.